The Morgan fingerprint density at radius 3 is 1.91 bits per heavy atom. The number of amides is 2. The highest BCUT2D eigenvalue weighted by molar-refractivity contribution is 9.10. The minimum atomic E-state index is -0.764. The normalized spacial score (nSPS) is 17.5. The molecule has 0 aliphatic carbocycles. The molecule has 5 heteroatoms. The van der Waals surface area contributed by atoms with Crippen LogP contribution in [-0.4, -0.2) is 35.7 Å². The van der Waals surface area contributed by atoms with Gasteiger partial charge in [-0.1, -0.05) is 88.7 Å². The lowest BCUT2D eigenvalue weighted by atomic mass is 9.75. The molecule has 2 aliphatic heterocycles. The lowest BCUT2D eigenvalue weighted by molar-refractivity contribution is -0.136. The van der Waals surface area contributed by atoms with Gasteiger partial charge in [0.05, 0.1) is 5.57 Å². The van der Waals surface area contributed by atoms with Crippen LogP contribution in [0.3, 0.4) is 0 Å². The van der Waals surface area contributed by atoms with Gasteiger partial charge < -0.3 is 4.90 Å². The van der Waals surface area contributed by atoms with E-state index in [2.05, 4.69) is 46.3 Å². The number of rotatable bonds is 3. The van der Waals surface area contributed by atoms with E-state index < -0.39 is 5.54 Å². The number of halogens is 1. The van der Waals surface area contributed by atoms with E-state index in [1.165, 1.54) is 4.90 Å². The van der Waals surface area contributed by atoms with Gasteiger partial charge in [0.1, 0.15) is 11.2 Å². The molecule has 3 aromatic carbocycles. The van der Waals surface area contributed by atoms with Crippen molar-refractivity contribution >= 4 is 33.3 Å². The molecular weight excluding hydrogens is 464 g/mol. The van der Waals surface area contributed by atoms with Gasteiger partial charge >= 0.3 is 0 Å². The second-order valence-corrected chi connectivity index (χ2v) is 8.93. The summed E-state index contributed by atoms with van der Waals surface area (Å²) in [5.41, 5.74) is 3.77. The van der Waals surface area contributed by atoms with E-state index >= 15 is 0 Å². The van der Waals surface area contributed by atoms with Gasteiger partial charge in [0.15, 0.2) is 0 Å². The van der Waals surface area contributed by atoms with E-state index in [-0.39, 0.29) is 11.8 Å². The highest BCUT2D eigenvalue weighted by Gasteiger charge is 2.50. The first kappa shape index (κ1) is 20.5. The van der Waals surface area contributed by atoms with E-state index in [0.29, 0.717) is 11.3 Å². The zero-order valence-electron chi connectivity index (χ0n) is 17.7. The summed E-state index contributed by atoms with van der Waals surface area (Å²) in [5, 5.41) is 0. The minimum absolute atomic E-state index is 0.280. The molecule has 0 atom stereocenters. The largest absolute Gasteiger partial charge is 0.352 e. The number of benzene rings is 3. The van der Waals surface area contributed by atoms with Gasteiger partial charge in [-0.25, -0.2) is 0 Å². The predicted molar refractivity (Wildman–Crippen MR) is 128 cm³/mol. The van der Waals surface area contributed by atoms with Crippen LogP contribution in [0.15, 0.2) is 107 Å². The molecule has 4 nitrogen and oxygen atoms in total. The molecule has 158 valence electrons. The Labute approximate surface area is 195 Å². The number of imide groups is 1. The van der Waals surface area contributed by atoms with Crippen molar-refractivity contribution in [2.45, 2.75) is 5.54 Å². The standard InChI is InChI=1S/C27H21BrN2O2/c1-29-25(31)23-22(18-10-9-15-21(28)16-18)17-27(19-11-5-3-6-12-19,20-13-7-4-8-14-20)30(2)24(23)26(29)32/h3-17H,1-2H3. The molecule has 32 heavy (non-hydrogen) atoms. The smallest absolute Gasteiger partial charge is 0.277 e. The Morgan fingerprint density at radius 1 is 0.750 bits per heavy atom. The number of carbonyl (C=O) groups is 2. The van der Waals surface area contributed by atoms with Gasteiger partial charge in [0.2, 0.25) is 0 Å². The summed E-state index contributed by atoms with van der Waals surface area (Å²) in [7, 11) is 3.44. The van der Waals surface area contributed by atoms with Crippen molar-refractivity contribution in [3.63, 3.8) is 0 Å². The van der Waals surface area contributed by atoms with E-state index in [1.807, 2.05) is 72.6 Å². The molecule has 0 aromatic heterocycles. The van der Waals surface area contributed by atoms with Crippen LogP contribution >= 0.6 is 15.9 Å². The summed E-state index contributed by atoms with van der Waals surface area (Å²) in [6.45, 7) is 0. The van der Waals surface area contributed by atoms with Crippen LogP contribution in [-0.2, 0) is 15.1 Å². The molecule has 0 N–H and O–H groups in total. The van der Waals surface area contributed by atoms with E-state index in [9.17, 15) is 9.59 Å². The third-order valence-corrected chi connectivity index (χ3v) is 6.81. The summed E-state index contributed by atoms with van der Waals surface area (Å²) in [5.74, 6) is -0.567. The summed E-state index contributed by atoms with van der Waals surface area (Å²) in [6.07, 6.45) is 2.13. The Bertz CT molecular complexity index is 1260. The van der Waals surface area contributed by atoms with Crippen LogP contribution in [0.5, 0.6) is 0 Å². The number of likely N-dealkylation sites (N-methyl/N-ethyl adjacent to an activating group) is 2. The fourth-order valence-electron chi connectivity index (χ4n) is 4.72. The number of nitrogens with zero attached hydrogens (tertiary/aromatic N) is 2. The highest BCUT2D eigenvalue weighted by atomic mass is 79.9. The number of carbonyl (C=O) groups excluding carboxylic acids is 2. The molecule has 2 heterocycles. The third kappa shape index (κ3) is 2.88. The highest BCUT2D eigenvalue weighted by Crippen LogP contribution is 2.49. The maximum atomic E-state index is 13.3. The van der Waals surface area contributed by atoms with Crippen LogP contribution in [0, 0.1) is 0 Å². The lowest BCUT2D eigenvalue weighted by Crippen LogP contribution is -2.46. The maximum absolute atomic E-state index is 13.3. The lowest BCUT2D eigenvalue weighted by Gasteiger charge is -2.45. The maximum Gasteiger partial charge on any atom is 0.277 e. The van der Waals surface area contributed by atoms with Crippen LogP contribution in [0.2, 0.25) is 0 Å². The third-order valence-electron chi connectivity index (χ3n) is 6.31. The predicted octanol–water partition coefficient (Wildman–Crippen LogP) is 4.97. The number of hydrogen-bond donors (Lipinski definition) is 0. The van der Waals surface area contributed by atoms with Gasteiger partial charge in [0, 0.05) is 18.6 Å². The zero-order valence-corrected chi connectivity index (χ0v) is 19.3. The molecule has 0 saturated carbocycles. The fraction of sp³-hybridized carbons (Fsp3) is 0.111. The zero-order chi connectivity index (χ0) is 22.5. The van der Waals surface area contributed by atoms with Crippen molar-refractivity contribution in [1.82, 2.24) is 9.80 Å². The summed E-state index contributed by atoms with van der Waals surface area (Å²) >= 11 is 3.55. The SMILES string of the molecule is CN1C(=O)C2=C(C1=O)N(C)C(c1ccccc1)(c1ccccc1)C=C2c1cccc(Br)c1. The molecule has 0 radical (unpaired) electrons. The molecule has 0 bridgehead atoms. The first-order valence-electron chi connectivity index (χ1n) is 10.4. The van der Waals surface area contributed by atoms with Gasteiger partial charge in [-0.3, -0.25) is 14.5 Å². The Hall–Kier alpha value is -3.44. The Kier molecular flexibility index (Phi) is 4.86. The van der Waals surface area contributed by atoms with Gasteiger partial charge in [-0.05, 0) is 40.5 Å². The van der Waals surface area contributed by atoms with Crippen molar-refractivity contribution < 1.29 is 9.59 Å². The van der Waals surface area contributed by atoms with E-state index in [4.69, 9.17) is 0 Å². The van der Waals surface area contributed by atoms with Crippen molar-refractivity contribution in [2.24, 2.45) is 0 Å². The second-order valence-electron chi connectivity index (χ2n) is 8.02. The van der Waals surface area contributed by atoms with Crippen molar-refractivity contribution in [1.29, 1.82) is 0 Å². The van der Waals surface area contributed by atoms with Gasteiger partial charge in [0.25, 0.3) is 11.8 Å². The summed E-state index contributed by atoms with van der Waals surface area (Å²) < 4.78 is 0.909. The van der Waals surface area contributed by atoms with Crippen molar-refractivity contribution in [2.75, 3.05) is 14.1 Å². The summed E-state index contributed by atoms with van der Waals surface area (Å²) in [4.78, 5) is 29.7. The molecular formula is C27H21BrN2O2. The molecule has 2 amide bonds. The van der Waals surface area contributed by atoms with Crippen LogP contribution in [0.1, 0.15) is 16.7 Å². The average Bonchev–Trinajstić information content (AvgIpc) is 3.05. The summed E-state index contributed by atoms with van der Waals surface area (Å²) in [6, 6.07) is 28.1. The molecule has 2 aliphatic rings. The molecule has 0 spiro atoms. The molecule has 5 rings (SSSR count). The van der Waals surface area contributed by atoms with E-state index in [0.717, 1.165) is 26.7 Å². The Morgan fingerprint density at radius 2 is 1.34 bits per heavy atom. The van der Waals surface area contributed by atoms with Crippen molar-refractivity contribution in [3.8, 4) is 0 Å². The van der Waals surface area contributed by atoms with Crippen LogP contribution < -0.4 is 0 Å². The second kappa shape index (κ2) is 7.61. The molecule has 3 aromatic rings. The molecule has 0 fully saturated rings. The first-order valence-corrected chi connectivity index (χ1v) is 11.1. The van der Waals surface area contributed by atoms with Crippen LogP contribution in [0.4, 0.5) is 0 Å². The van der Waals surface area contributed by atoms with Gasteiger partial charge in [-0.2, -0.15) is 0 Å². The van der Waals surface area contributed by atoms with E-state index in [1.54, 1.807) is 7.05 Å². The number of hydrogen-bond acceptors (Lipinski definition) is 3. The monoisotopic (exact) mass is 484 g/mol. The Balaban J connectivity index is 1.89. The van der Waals surface area contributed by atoms with Crippen molar-refractivity contribution in [3.05, 3.63) is 123 Å². The molecule has 0 unspecified atom stereocenters. The quantitative estimate of drug-likeness (QED) is 0.492. The fourth-order valence-corrected chi connectivity index (χ4v) is 5.12. The van der Waals surface area contributed by atoms with Gasteiger partial charge in [-0.15, -0.1) is 0 Å². The van der Waals surface area contributed by atoms with Crippen LogP contribution in [0.25, 0.3) is 5.57 Å². The average molecular weight is 485 g/mol. The first-order chi connectivity index (χ1) is 15.4. The minimum Gasteiger partial charge on any atom is -0.352 e. The molecule has 0 saturated heterocycles. The topological polar surface area (TPSA) is 40.6 Å².